The van der Waals surface area contributed by atoms with Crippen molar-refractivity contribution >= 4 is 0 Å². The van der Waals surface area contributed by atoms with Crippen LogP contribution in [0.2, 0.25) is 0 Å². The molecule has 0 aliphatic carbocycles. The van der Waals surface area contributed by atoms with E-state index in [0.29, 0.717) is 0 Å². The first-order valence-electron chi connectivity index (χ1n) is 7.78. The van der Waals surface area contributed by atoms with E-state index in [4.69, 9.17) is 0 Å². The lowest BCUT2D eigenvalue weighted by Crippen LogP contribution is -2.35. The van der Waals surface area contributed by atoms with Crippen LogP contribution in [0.5, 0.6) is 0 Å². The average molecular weight is 275 g/mol. The minimum Gasteiger partial charge on any atom is -0.393 e. The Morgan fingerprint density at radius 1 is 1.10 bits per heavy atom. The number of nitrogens with zero attached hydrogens (tertiary/aromatic N) is 1. The van der Waals surface area contributed by atoms with Crippen molar-refractivity contribution in [2.75, 3.05) is 13.1 Å². The van der Waals surface area contributed by atoms with Gasteiger partial charge in [0, 0.05) is 19.6 Å². The Labute approximate surface area is 123 Å². The summed E-state index contributed by atoms with van der Waals surface area (Å²) in [4.78, 5) is 2.47. The molecule has 0 bridgehead atoms. The van der Waals surface area contributed by atoms with Gasteiger partial charge in [0.05, 0.1) is 6.10 Å². The Morgan fingerprint density at radius 2 is 1.60 bits per heavy atom. The summed E-state index contributed by atoms with van der Waals surface area (Å²) >= 11 is 0. The van der Waals surface area contributed by atoms with E-state index in [9.17, 15) is 5.11 Å². The molecule has 1 aromatic carbocycles. The molecule has 1 aromatic rings. The van der Waals surface area contributed by atoms with Crippen LogP contribution in [-0.4, -0.2) is 29.2 Å². The number of aliphatic hydroxyl groups excluding tert-OH is 1. The van der Waals surface area contributed by atoms with Crippen LogP contribution in [0, 0.1) is 13.8 Å². The van der Waals surface area contributed by atoms with Gasteiger partial charge < -0.3 is 5.11 Å². The highest BCUT2D eigenvalue weighted by atomic mass is 16.3. The van der Waals surface area contributed by atoms with E-state index < -0.39 is 0 Å². The molecule has 0 spiro atoms. The smallest absolute Gasteiger partial charge is 0.0564 e. The SMILES string of the molecule is Cc1cc(C(C)(C)C)cc(C)c1CN1CCC(O)CC1. The van der Waals surface area contributed by atoms with Crippen molar-refractivity contribution in [2.45, 2.75) is 65.5 Å². The zero-order chi connectivity index (χ0) is 14.9. The number of likely N-dealkylation sites (tertiary alicyclic amines) is 1. The highest BCUT2D eigenvalue weighted by Crippen LogP contribution is 2.28. The highest BCUT2D eigenvalue weighted by molar-refractivity contribution is 5.40. The molecule has 1 aliphatic heterocycles. The van der Waals surface area contributed by atoms with Gasteiger partial charge >= 0.3 is 0 Å². The first-order chi connectivity index (χ1) is 9.27. The van der Waals surface area contributed by atoms with E-state index in [1.807, 2.05) is 0 Å². The van der Waals surface area contributed by atoms with E-state index in [1.54, 1.807) is 0 Å². The lowest BCUT2D eigenvalue weighted by Gasteiger charge is -2.31. The van der Waals surface area contributed by atoms with Crippen LogP contribution in [0.1, 0.15) is 55.9 Å². The van der Waals surface area contributed by atoms with Crippen LogP contribution in [0.4, 0.5) is 0 Å². The van der Waals surface area contributed by atoms with Gasteiger partial charge in [-0.2, -0.15) is 0 Å². The van der Waals surface area contributed by atoms with E-state index in [1.165, 1.54) is 22.3 Å². The molecule has 112 valence electrons. The molecule has 0 unspecified atom stereocenters. The number of hydrogen-bond acceptors (Lipinski definition) is 2. The normalized spacial score (nSPS) is 18.5. The molecule has 1 aliphatic rings. The van der Waals surface area contributed by atoms with Gasteiger partial charge in [-0.15, -0.1) is 0 Å². The molecule has 2 heteroatoms. The zero-order valence-corrected chi connectivity index (χ0v) is 13.7. The zero-order valence-electron chi connectivity index (χ0n) is 13.7. The molecule has 0 radical (unpaired) electrons. The Bertz CT molecular complexity index is 442. The van der Waals surface area contributed by atoms with E-state index in [-0.39, 0.29) is 11.5 Å². The molecule has 0 atom stereocenters. The highest BCUT2D eigenvalue weighted by Gasteiger charge is 2.20. The molecule has 1 N–H and O–H groups in total. The minimum atomic E-state index is -0.0864. The Balaban J connectivity index is 2.16. The third-order valence-electron chi connectivity index (χ3n) is 4.50. The van der Waals surface area contributed by atoms with Gasteiger partial charge in [0.25, 0.3) is 0 Å². The molecule has 2 nitrogen and oxygen atoms in total. The van der Waals surface area contributed by atoms with Gasteiger partial charge in [-0.1, -0.05) is 32.9 Å². The molecule has 1 heterocycles. The second-order valence-electron chi connectivity index (χ2n) is 7.35. The van der Waals surface area contributed by atoms with Crippen molar-refractivity contribution in [2.24, 2.45) is 0 Å². The molecule has 0 amide bonds. The molecule has 1 fully saturated rings. The minimum absolute atomic E-state index is 0.0864. The van der Waals surface area contributed by atoms with Crippen LogP contribution in [0.25, 0.3) is 0 Å². The summed E-state index contributed by atoms with van der Waals surface area (Å²) in [6.07, 6.45) is 1.74. The van der Waals surface area contributed by atoms with Gasteiger partial charge in [0.1, 0.15) is 0 Å². The Hall–Kier alpha value is -0.860. The summed E-state index contributed by atoms with van der Waals surface area (Å²) in [6.45, 7) is 14.3. The fraction of sp³-hybridized carbons (Fsp3) is 0.667. The number of rotatable bonds is 2. The maximum absolute atomic E-state index is 9.60. The number of aliphatic hydroxyl groups is 1. The van der Waals surface area contributed by atoms with Crippen molar-refractivity contribution in [3.8, 4) is 0 Å². The van der Waals surface area contributed by atoms with Crippen molar-refractivity contribution in [3.63, 3.8) is 0 Å². The molecule has 1 saturated heterocycles. The number of piperidine rings is 1. The first-order valence-corrected chi connectivity index (χ1v) is 7.78. The fourth-order valence-electron chi connectivity index (χ4n) is 2.98. The number of hydrogen-bond donors (Lipinski definition) is 1. The van der Waals surface area contributed by atoms with Gasteiger partial charge in [0.2, 0.25) is 0 Å². The predicted molar refractivity (Wildman–Crippen MR) is 85.1 cm³/mol. The summed E-state index contributed by atoms with van der Waals surface area (Å²) in [7, 11) is 0. The van der Waals surface area contributed by atoms with E-state index >= 15 is 0 Å². The lowest BCUT2D eigenvalue weighted by molar-refractivity contribution is 0.0791. The monoisotopic (exact) mass is 275 g/mol. The van der Waals surface area contributed by atoms with Crippen LogP contribution >= 0.6 is 0 Å². The molecule has 0 aromatic heterocycles. The van der Waals surface area contributed by atoms with Crippen molar-refractivity contribution in [1.29, 1.82) is 0 Å². The molecule has 20 heavy (non-hydrogen) atoms. The maximum Gasteiger partial charge on any atom is 0.0564 e. The van der Waals surface area contributed by atoms with E-state index in [2.05, 4.69) is 51.7 Å². The predicted octanol–water partition coefficient (Wildman–Crippen LogP) is 3.56. The second kappa shape index (κ2) is 5.87. The Morgan fingerprint density at radius 3 is 2.05 bits per heavy atom. The van der Waals surface area contributed by atoms with Crippen LogP contribution in [0.15, 0.2) is 12.1 Å². The van der Waals surface area contributed by atoms with Gasteiger partial charge in [-0.05, 0) is 54.4 Å². The van der Waals surface area contributed by atoms with Crippen molar-refractivity contribution < 1.29 is 5.11 Å². The fourth-order valence-corrected chi connectivity index (χ4v) is 2.98. The molecular formula is C18H29NO. The summed E-state index contributed by atoms with van der Waals surface area (Å²) < 4.78 is 0. The molecule has 2 rings (SSSR count). The Kier molecular flexibility index (Phi) is 4.55. The van der Waals surface area contributed by atoms with Crippen molar-refractivity contribution in [1.82, 2.24) is 4.90 Å². The van der Waals surface area contributed by atoms with Crippen LogP contribution in [-0.2, 0) is 12.0 Å². The van der Waals surface area contributed by atoms with Gasteiger partial charge in [0.15, 0.2) is 0 Å². The van der Waals surface area contributed by atoms with Crippen LogP contribution < -0.4 is 0 Å². The summed E-state index contributed by atoms with van der Waals surface area (Å²) in [5, 5.41) is 9.60. The number of aryl methyl sites for hydroxylation is 2. The van der Waals surface area contributed by atoms with Crippen molar-refractivity contribution in [3.05, 3.63) is 34.4 Å². The largest absolute Gasteiger partial charge is 0.393 e. The molecule has 0 saturated carbocycles. The number of benzene rings is 1. The van der Waals surface area contributed by atoms with Gasteiger partial charge in [-0.25, -0.2) is 0 Å². The quantitative estimate of drug-likeness (QED) is 0.892. The third-order valence-corrected chi connectivity index (χ3v) is 4.50. The summed E-state index contributed by atoms with van der Waals surface area (Å²) in [5.41, 5.74) is 5.91. The lowest BCUT2D eigenvalue weighted by atomic mass is 9.83. The summed E-state index contributed by atoms with van der Waals surface area (Å²) in [6, 6.07) is 4.70. The molecular weight excluding hydrogens is 246 g/mol. The standard InChI is InChI=1S/C18H29NO/c1-13-10-15(18(3,4)5)11-14(2)17(13)12-19-8-6-16(20)7-9-19/h10-11,16,20H,6-9,12H2,1-5H3. The second-order valence-corrected chi connectivity index (χ2v) is 7.35. The summed E-state index contributed by atoms with van der Waals surface area (Å²) in [5.74, 6) is 0. The van der Waals surface area contributed by atoms with E-state index in [0.717, 1.165) is 32.5 Å². The van der Waals surface area contributed by atoms with Crippen LogP contribution in [0.3, 0.4) is 0 Å². The van der Waals surface area contributed by atoms with Gasteiger partial charge in [-0.3, -0.25) is 4.90 Å². The first kappa shape index (κ1) is 15.5. The maximum atomic E-state index is 9.60. The average Bonchev–Trinajstić information content (AvgIpc) is 2.34. The topological polar surface area (TPSA) is 23.5 Å². The third kappa shape index (κ3) is 3.62.